The second-order valence-corrected chi connectivity index (χ2v) is 18.5. The molecule has 19 heteroatoms. The van der Waals surface area contributed by atoms with Crippen LogP contribution in [0, 0.1) is 0 Å². The lowest BCUT2D eigenvalue weighted by molar-refractivity contribution is -0.216. The van der Waals surface area contributed by atoms with E-state index in [1.54, 1.807) is 12.2 Å². The lowest BCUT2D eigenvalue weighted by Gasteiger charge is -2.43. The normalized spacial score (nSPS) is 22.7. The molecule has 0 aromatic carbocycles. The summed E-state index contributed by atoms with van der Waals surface area (Å²) in [6.07, 6.45) is 32.2. The molecule has 0 aliphatic heterocycles. The zero-order valence-corrected chi connectivity index (χ0v) is 41.4. The van der Waals surface area contributed by atoms with Crippen molar-refractivity contribution in [1.29, 1.82) is 0 Å². The first-order chi connectivity index (χ1) is 32.5. The summed E-state index contributed by atoms with van der Waals surface area (Å²) in [5.41, 5.74) is 0. The Kier molecular flexibility index (Phi) is 35.4. The van der Waals surface area contributed by atoms with E-state index in [2.05, 4.69) is 97.4 Å². The number of esters is 2. The number of aliphatic hydroxyl groups is 5. The van der Waals surface area contributed by atoms with E-state index in [-0.39, 0.29) is 19.3 Å². The minimum atomic E-state index is -5.39. The number of carbonyl (C=O) groups is 2. The van der Waals surface area contributed by atoms with Gasteiger partial charge in [0.25, 0.3) is 0 Å². The van der Waals surface area contributed by atoms with E-state index >= 15 is 0 Å². The van der Waals surface area contributed by atoms with Crippen LogP contribution in [0.4, 0.5) is 0 Å². The van der Waals surface area contributed by atoms with Gasteiger partial charge >= 0.3 is 27.6 Å². The van der Waals surface area contributed by atoms with Gasteiger partial charge in [0.2, 0.25) is 0 Å². The van der Waals surface area contributed by atoms with Gasteiger partial charge < -0.3 is 49.7 Å². The molecule has 0 heterocycles. The average molecular weight is 1000 g/mol. The second-order valence-electron chi connectivity index (χ2n) is 15.9. The first-order valence-corrected chi connectivity index (χ1v) is 26.6. The van der Waals surface area contributed by atoms with Crippen LogP contribution in [0.3, 0.4) is 0 Å². The van der Waals surface area contributed by atoms with Crippen molar-refractivity contribution in [2.45, 2.75) is 172 Å². The van der Waals surface area contributed by atoms with E-state index in [1.165, 1.54) is 6.08 Å². The highest BCUT2D eigenvalue weighted by Gasteiger charge is 2.54. The quantitative estimate of drug-likeness (QED) is 0.00965. The summed E-state index contributed by atoms with van der Waals surface area (Å²) in [4.78, 5) is 54.3. The number of ether oxygens (including phenoxy) is 2. The van der Waals surface area contributed by atoms with Crippen LogP contribution in [0.5, 0.6) is 0 Å². The van der Waals surface area contributed by atoms with Gasteiger partial charge in [0, 0.05) is 12.8 Å². The SMILES string of the molecule is CC/C=C\C/C=C\C/C=C\C/C=C\C/C=C\C=C/C(O)CCC(=O)OC[C@H](COP(=O)(O)O[C@H]1C(O)C(O)C(O)[C@@H](OP(=O)(O)O)C1O)OC(=O)CCCCCCC/C=C\C/C=C\C/C=C\CC. The minimum absolute atomic E-state index is 0.00910. The molecule has 1 aliphatic carbocycles. The van der Waals surface area contributed by atoms with Crippen LogP contribution in [-0.4, -0.2) is 114 Å². The molecule has 17 nitrogen and oxygen atoms in total. The number of hydrogen-bond donors (Lipinski definition) is 8. The van der Waals surface area contributed by atoms with Crippen LogP contribution in [0.2, 0.25) is 0 Å². The number of phosphoric ester groups is 2. The van der Waals surface area contributed by atoms with Gasteiger partial charge in [-0.2, -0.15) is 0 Å². The van der Waals surface area contributed by atoms with Crippen molar-refractivity contribution in [1.82, 2.24) is 0 Å². The highest BCUT2D eigenvalue weighted by Crippen LogP contribution is 2.49. The van der Waals surface area contributed by atoms with Crippen molar-refractivity contribution in [2.75, 3.05) is 13.2 Å². The summed E-state index contributed by atoms with van der Waals surface area (Å²) in [7, 11) is -10.8. The Morgan fingerprint density at radius 1 is 0.544 bits per heavy atom. The molecule has 8 N–H and O–H groups in total. The van der Waals surface area contributed by atoms with E-state index in [0.717, 1.165) is 77.0 Å². The Morgan fingerprint density at radius 2 is 1.03 bits per heavy atom. The maximum absolute atomic E-state index is 13.0. The highest BCUT2D eigenvalue weighted by atomic mass is 31.2. The molecule has 386 valence electrons. The molecular weight excluding hydrogens is 922 g/mol. The molecule has 0 amide bonds. The number of allylic oxidation sites excluding steroid dienone is 17. The van der Waals surface area contributed by atoms with Crippen molar-refractivity contribution in [2.24, 2.45) is 0 Å². The number of phosphoric acid groups is 2. The van der Waals surface area contributed by atoms with Crippen LogP contribution in [0.15, 0.2) is 109 Å². The van der Waals surface area contributed by atoms with Crippen molar-refractivity contribution >= 4 is 27.6 Å². The van der Waals surface area contributed by atoms with Crippen LogP contribution < -0.4 is 0 Å². The Labute approximate surface area is 402 Å². The van der Waals surface area contributed by atoms with Gasteiger partial charge in [-0.1, -0.05) is 142 Å². The second kappa shape index (κ2) is 38.4. The number of aliphatic hydroxyl groups excluding tert-OH is 5. The van der Waals surface area contributed by atoms with Crippen molar-refractivity contribution < 1.29 is 82.0 Å². The maximum Gasteiger partial charge on any atom is 0.472 e. The average Bonchev–Trinajstić information content (AvgIpc) is 3.29. The lowest BCUT2D eigenvalue weighted by Crippen LogP contribution is -2.64. The van der Waals surface area contributed by atoms with E-state index in [4.69, 9.17) is 18.5 Å². The van der Waals surface area contributed by atoms with E-state index < -0.39 is 89.6 Å². The molecule has 0 aromatic heterocycles. The molecule has 0 radical (unpaired) electrons. The summed E-state index contributed by atoms with van der Waals surface area (Å²) < 4.78 is 49.2. The van der Waals surface area contributed by atoms with Crippen molar-refractivity contribution in [3.05, 3.63) is 109 Å². The van der Waals surface area contributed by atoms with Crippen LogP contribution in [0.25, 0.3) is 0 Å². The zero-order valence-electron chi connectivity index (χ0n) is 39.6. The summed E-state index contributed by atoms with van der Waals surface area (Å²) in [6.45, 7) is 2.64. The molecule has 0 spiro atoms. The third kappa shape index (κ3) is 32.4. The molecule has 0 aromatic rings. The van der Waals surface area contributed by atoms with Crippen LogP contribution in [-0.2, 0) is 41.8 Å². The smallest absolute Gasteiger partial charge is 0.462 e. The summed E-state index contributed by atoms with van der Waals surface area (Å²) in [6, 6.07) is 0. The van der Waals surface area contributed by atoms with Gasteiger partial charge in [0.15, 0.2) is 6.10 Å². The molecule has 1 fully saturated rings. The predicted molar refractivity (Wildman–Crippen MR) is 261 cm³/mol. The number of hydrogen-bond acceptors (Lipinski definition) is 14. The fourth-order valence-electron chi connectivity index (χ4n) is 6.32. The van der Waals surface area contributed by atoms with Gasteiger partial charge in [-0.15, -0.1) is 0 Å². The Hall–Kier alpha value is -3.38. The van der Waals surface area contributed by atoms with E-state index in [0.29, 0.717) is 12.8 Å². The zero-order chi connectivity index (χ0) is 50.5. The molecule has 9 atom stereocenters. The minimum Gasteiger partial charge on any atom is -0.462 e. The Morgan fingerprint density at radius 3 is 1.57 bits per heavy atom. The highest BCUT2D eigenvalue weighted by molar-refractivity contribution is 7.47. The topological polar surface area (TPSA) is 276 Å². The maximum atomic E-state index is 13.0. The van der Waals surface area contributed by atoms with Crippen molar-refractivity contribution in [3.8, 4) is 0 Å². The van der Waals surface area contributed by atoms with E-state index in [9.17, 15) is 58.9 Å². The predicted octanol–water partition coefficient (Wildman–Crippen LogP) is 7.92. The van der Waals surface area contributed by atoms with Crippen LogP contribution in [0.1, 0.15) is 123 Å². The number of rotatable bonds is 37. The molecule has 1 saturated carbocycles. The third-order valence-corrected chi connectivity index (χ3v) is 11.5. The number of carbonyl (C=O) groups excluding carboxylic acids is 2. The molecule has 6 unspecified atom stereocenters. The summed E-state index contributed by atoms with van der Waals surface area (Å²) in [5.74, 6) is -1.52. The molecule has 0 bridgehead atoms. The molecular formula is C49H78O17P2. The standard InChI is InChI=1S/C49H78O17P2/c1-3-5-7-9-11-13-15-17-19-21-22-24-26-28-30-32-34-40(50)36-37-42(51)62-38-41(64-43(52)35-33-31-29-27-25-23-20-18-16-14-12-10-8-6-4-2)39-63-68(60,61)66-49-46(55)44(53)45(54)48(47(49)56)65-67(57,58)59/h5-8,11-14,17-20,22,24,28,30,32,34,40-41,44-50,53-56H,3-4,9-10,15-16,21,23,25-27,29,31,33,35-39H2,1-2H3,(H,60,61)(H2,57,58,59)/b7-5-,8-6-,13-11-,14-12-,19-17-,20-18-,24-22-,30-28-,34-32-/t40?,41-,44?,45?,46?,47?,48-,49+/m1/s1. The van der Waals surface area contributed by atoms with Gasteiger partial charge in [-0.25, -0.2) is 9.13 Å². The molecule has 68 heavy (non-hydrogen) atoms. The molecule has 1 aliphatic rings. The Bertz CT molecular complexity index is 1750. The van der Waals surface area contributed by atoms with Crippen molar-refractivity contribution in [3.63, 3.8) is 0 Å². The number of unbranched alkanes of at least 4 members (excludes halogenated alkanes) is 5. The van der Waals surface area contributed by atoms with Gasteiger partial charge in [0.05, 0.1) is 12.7 Å². The Balaban J connectivity index is 2.71. The van der Waals surface area contributed by atoms with Gasteiger partial charge in [-0.3, -0.25) is 23.2 Å². The molecule has 1 rings (SSSR count). The third-order valence-electron chi connectivity index (χ3n) is 9.96. The van der Waals surface area contributed by atoms with E-state index in [1.807, 2.05) is 12.2 Å². The van der Waals surface area contributed by atoms with Gasteiger partial charge in [-0.05, 0) is 77.0 Å². The summed E-state index contributed by atoms with van der Waals surface area (Å²) >= 11 is 0. The largest absolute Gasteiger partial charge is 0.472 e. The fraction of sp³-hybridized carbons (Fsp3) is 0.592. The lowest BCUT2D eigenvalue weighted by atomic mass is 9.85. The first kappa shape index (κ1) is 62.6. The van der Waals surface area contributed by atoms with Gasteiger partial charge in [0.1, 0.15) is 43.2 Å². The monoisotopic (exact) mass is 1000 g/mol. The fourth-order valence-corrected chi connectivity index (χ4v) is 7.86. The first-order valence-electron chi connectivity index (χ1n) is 23.5. The summed E-state index contributed by atoms with van der Waals surface area (Å²) in [5, 5.41) is 51.6. The molecule has 0 saturated heterocycles. The van der Waals surface area contributed by atoms with Crippen LogP contribution >= 0.6 is 15.6 Å².